The molecule has 0 fully saturated rings. The van der Waals surface area contributed by atoms with E-state index < -0.39 is 0 Å². The van der Waals surface area contributed by atoms with Gasteiger partial charge in [0.15, 0.2) is 11.6 Å². The van der Waals surface area contributed by atoms with E-state index in [1.165, 1.54) is 6.33 Å². The highest BCUT2D eigenvalue weighted by atomic mass is 127. The summed E-state index contributed by atoms with van der Waals surface area (Å²) < 4.78 is 1.16. The smallest absolute Gasteiger partial charge is 0.159 e. The van der Waals surface area contributed by atoms with Crippen molar-refractivity contribution in [3.05, 3.63) is 63.5 Å². The van der Waals surface area contributed by atoms with Crippen molar-refractivity contribution in [2.75, 3.05) is 16.4 Å². The summed E-state index contributed by atoms with van der Waals surface area (Å²) in [5.74, 6) is 1.04. The molecule has 0 unspecified atom stereocenters. The Morgan fingerprint density at radius 3 is 2.26 bits per heavy atom. The molecular formula is C16H13ClIN5. The summed E-state index contributed by atoms with van der Waals surface area (Å²) >= 11 is 8.40. The molecule has 1 heterocycles. The molecule has 2 aromatic carbocycles. The number of benzene rings is 2. The van der Waals surface area contributed by atoms with Gasteiger partial charge in [0.05, 0.1) is 10.7 Å². The van der Waals surface area contributed by atoms with Crippen molar-refractivity contribution < 1.29 is 0 Å². The molecule has 0 atom stereocenters. The lowest BCUT2D eigenvalue weighted by Crippen LogP contribution is -2.05. The van der Waals surface area contributed by atoms with Crippen molar-refractivity contribution in [2.45, 2.75) is 0 Å². The Kier molecular flexibility index (Phi) is 4.82. The van der Waals surface area contributed by atoms with Crippen molar-refractivity contribution in [1.29, 1.82) is 0 Å². The number of nitrogens with two attached hydrogens (primary N) is 1. The molecule has 0 amide bonds. The molecule has 116 valence electrons. The van der Waals surface area contributed by atoms with E-state index in [0.717, 1.165) is 14.9 Å². The van der Waals surface area contributed by atoms with Crippen molar-refractivity contribution in [2.24, 2.45) is 0 Å². The van der Waals surface area contributed by atoms with Crippen LogP contribution in [0.15, 0.2) is 54.9 Å². The molecule has 1 aromatic heterocycles. The van der Waals surface area contributed by atoms with Crippen molar-refractivity contribution in [1.82, 2.24) is 9.97 Å². The summed E-state index contributed by atoms with van der Waals surface area (Å²) in [4.78, 5) is 8.38. The average Bonchev–Trinajstić information content (AvgIpc) is 2.55. The van der Waals surface area contributed by atoms with Crippen LogP contribution in [0.4, 0.5) is 28.7 Å². The number of hydrogen-bond donors (Lipinski definition) is 3. The average molecular weight is 438 g/mol. The number of nitrogens with one attached hydrogen (secondary N) is 2. The van der Waals surface area contributed by atoms with E-state index in [1.54, 1.807) is 6.07 Å². The van der Waals surface area contributed by atoms with Crippen LogP contribution in [0.1, 0.15) is 0 Å². The monoisotopic (exact) mass is 437 g/mol. The first-order chi connectivity index (χ1) is 11.1. The third kappa shape index (κ3) is 3.83. The Hall–Kier alpha value is -2.06. The SMILES string of the molecule is Nc1c(Nc2ccc(I)cc2)ncnc1Nc1ccccc1Cl. The number of nitrogen functional groups attached to an aromatic ring is 1. The van der Waals surface area contributed by atoms with Gasteiger partial charge in [-0.1, -0.05) is 23.7 Å². The zero-order chi connectivity index (χ0) is 16.2. The van der Waals surface area contributed by atoms with Gasteiger partial charge in [-0.3, -0.25) is 0 Å². The molecule has 0 radical (unpaired) electrons. The van der Waals surface area contributed by atoms with Crippen LogP contribution in [0.5, 0.6) is 0 Å². The largest absolute Gasteiger partial charge is 0.393 e. The molecule has 0 aliphatic rings. The maximum Gasteiger partial charge on any atom is 0.159 e. The number of rotatable bonds is 4. The van der Waals surface area contributed by atoms with Crippen molar-refractivity contribution >= 4 is 62.9 Å². The zero-order valence-corrected chi connectivity index (χ0v) is 14.8. The predicted octanol–water partition coefficient (Wildman–Crippen LogP) is 4.80. The van der Waals surface area contributed by atoms with Crippen LogP contribution in [-0.2, 0) is 0 Å². The van der Waals surface area contributed by atoms with Gasteiger partial charge in [0.1, 0.15) is 12.0 Å². The minimum absolute atomic E-state index is 0.422. The van der Waals surface area contributed by atoms with Crippen LogP contribution in [0, 0.1) is 3.57 Å². The van der Waals surface area contributed by atoms with E-state index in [-0.39, 0.29) is 0 Å². The number of para-hydroxylation sites is 1. The molecule has 0 aliphatic heterocycles. The summed E-state index contributed by atoms with van der Waals surface area (Å²) in [5.41, 5.74) is 8.22. The summed E-state index contributed by atoms with van der Waals surface area (Å²) in [6.07, 6.45) is 1.45. The fraction of sp³-hybridized carbons (Fsp3) is 0. The van der Waals surface area contributed by atoms with Crippen LogP contribution in [-0.4, -0.2) is 9.97 Å². The van der Waals surface area contributed by atoms with Gasteiger partial charge in [-0.25, -0.2) is 9.97 Å². The number of hydrogen-bond acceptors (Lipinski definition) is 5. The first-order valence-corrected chi connectivity index (χ1v) is 8.24. The molecule has 0 bridgehead atoms. The molecular weight excluding hydrogens is 425 g/mol. The molecule has 0 aliphatic carbocycles. The summed E-state index contributed by atoms with van der Waals surface area (Å²) in [5, 5.41) is 6.91. The Balaban J connectivity index is 1.86. The van der Waals surface area contributed by atoms with Gasteiger partial charge in [0.25, 0.3) is 0 Å². The highest BCUT2D eigenvalue weighted by Crippen LogP contribution is 2.30. The summed E-state index contributed by atoms with van der Waals surface area (Å²) in [6.45, 7) is 0. The Bertz CT molecular complexity index is 823. The van der Waals surface area contributed by atoms with E-state index in [1.807, 2.05) is 42.5 Å². The second-order valence-corrected chi connectivity index (χ2v) is 6.37. The van der Waals surface area contributed by atoms with Gasteiger partial charge in [-0.05, 0) is 59.0 Å². The first kappa shape index (κ1) is 15.8. The number of anilines is 5. The fourth-order valence-electron chi connectivity index (χ4n) is 1.95. The third-order valence-corrected chi connectivity index (χ3v) is 4.17. The molecule has 4 N–H and O–H groups in total. The normalized spacial score (nSPS) is 10.3. The summed E-state index contributed by atoms with van der Waals surface area (Å²) in [7, 11) is 0. The number of halogens is 2. The molecule has 5 nitrogen and oxygen atoms in total. The van der Waals surface area contributed by atoms with Crippen molar-refractivity contribution in [3.63, 3.8) is 0 Å². The maximum atomic E-state index is 6.16. The predicted molar refractivity (Wildman–Crippen MR) is 104 cm³/mol. The fourth-order valence-corrected chi connectivity index (χ4v) is 2.50. The molecule has 3 rings (SSSR count). The van der Waals surface area contributed by atoms with E-state index in [4.69, 9.17) is 17.3 Å². The van der Waals surface area contributed by atoms with Gasteiger partial charge in [0.2, 0.25) is 0 Å². The zero-order valence-electron chi connectivity index (χ0n) is 11.9. The lowest BCUT2D eigenvalue weighted by atomic mass is 10.3. The highest BCUT2D eigenvalue weighted by molar-refractivity contribution is 14.1. The molecule has 0 spiro atoms. The standard InChI is InChI=1S/C16H13ClIN5/c17-12-3-1-2-4-13(12)23-16-14(19)15(20-9-21-16)22-11-7-5-10(18)6-8-11/h1-9H,19H2,(H2,20,21,22,23). The highest BCUT2D eigenvalue weighted by Gasteiger charge is 2.10. The van der Waals surface area contributed by atoms with Gasteiger partial charge in [-0.15, -0.1) is 0 Å². The van der Waals surface area contributed by atoms with E-state index in [2.05, 4.69) is 43.2 Å². The van der Waals surface area contributed by atoms with Crippen LogP contribution in [0.3, 0.4) is 0 Å². The third-order valence-electron chi connectivity index (χ3n) is 3.12. The Morgan fingerprint density at radius 2 is 1.57 bits per heavy atom. The van der Waals surface area contributed by atoms with Crippen LogP contribution >= 0.6 is 34.2 Å². The lowest BCUT2D eigenvalue weighted by molar-refractivity contribution is 1.17. The van der Waals surface area contributed by atoms with Crippen molar-refractivity contribution in [3.8, 4) is 0 Å². The second kappa shape index (κ2) is 7.01. The van der Waals surface area contributed by atoms with E-state index in [0.29, 0.717) is 22.3 Å². The quantitative estimate of drug-likeness (QED) is 0.511. The van der Waals surface area contributed by atoms with Gasteiger partial charge < -0.3 is 16.4 Å². The van der Waals surface area contributed by atoms with Crippen LogP contribution in [0.25, 0.3) is 0 Å². The maximum absolute atomic E-state index is 6.16. The minimum Gasteiger partial charge on any atom is -0.393 e. The Morgan fingerprint density at radius 1 is 0.913 bits per heavy atom. The van der Waals surface area contributed by atoms with Crippen LogP contribution < -0.4 is 16.4 Å². The van der Waals surface area contributed by atoms with Crippen LogP contribution in [0.2, 0.25) is 5.02 Å². The molecule has 0 saturated carbocycles. The minimum atomic E-state index is 0.422. The molecule has 23 heavy (non-hydrogen) atoms. The van der Waals surface area contributed by atoms with E-state index in [9.17, 15) is 0 Å². The Labute approximate surface area is 152 Å². The van der Waals surface area contributed by atoms with Gasteiger partial charge >= 0.3 is 0 Å². The number of nitrogens with zero attached hydrogens (tertiary/aromatic N) is 2. The first-order valence-electron chi connectivity index (χ1n) is 6.78. The van der Waals surface area contributed by atoms with Gasteiger partial charge in [0, 0.05) is 9.26 Å². The molecule has 3 aromatic rings. The number of aromatic nitrogens is 2. The molecule has 7 heteroatoms. The molecule has 0 saturated heterocycles. The lowest BCUT2D eigenvalue weighted by Gasteiger charge is -2.13. The van der Waals surface area contributed by atoms with E-state index >= 15 is 0 Å². The second-order valence-electron chi connectivity index (χ2n) is 4.72. The topological polar surface area (TPSA) is 75.9 Å². The van der Waals surface area contributed by atoms with Gasteiger partial charge in [-0.2, -0.15) is 0 Å². The summed E-state index contributed by atoms with van der Waals surface area (Å²) in [6, 6.07) is 15.3.